The average Bonchev–Trinajstić information content (AvgIpc) is 2.49. The van der Waals surface area contributed by atoms with Gasteiger partial charge in [0.25, 0.3) is 0 Å². The van der Waals surface area contributed by atoms with Crippen molar-refractivity contribution in [2.75, 3.05) is 19.3 Å². The van der Waals surface area contributed by atoms with Crippen LogP contribution in [0.2, 0.25) is 0 Å². The summed E-state index contributed by atoms with van der Waals surface area (Å²) < 4.78 is 13.2. The highest BCUT2D eigenvalue weighted by Crippen LogP contribution is 2.37. The van der Waals surface area contributed by atoms with Crippen molar-refractivity contribution >= 4 is 11.8 Å². The van der Waals surface area contributed by atoms with Crippen molar-refractivity contribution in [1.29, 1.82) is 0 Å². The van der Waals surface area contributed by atoms with Crippen molar-refractivity contribution in [3.05, 3.63) is 35.6 Å². The van der Waals surface area contributed by atoms with Gasteiger partial charge in [-0.25, -0.2) is 4.39 Å². The summed E-state index contributed by atoms with van der Waals surface area (Å²) in [5.41, 5.74) is 0.765. The summed E-state index contributed by atoms with van der Waals surface area (Å²) in [5, 5.41) is 13.5. The second-order valence-corrected chi connectivity index (χ2v) is 6.92. The highest BCUT2D eigenvalue weighted by molar-refractivity contribution is 8.00. The molecule has 112 valence electrons. The first-order valence-corrected chi connectivity index (χ1v) is 8.57. The van der Waals surface area contributed by atoms with E-state index in [1.54, 1.807) is 12.1 Å². The number of hydrogen-bond acceptors (Lipinski definition) is 3. The molecule has 2 N–H and O–H groups in total. The molecule has 0 radical (unpaired) electrons. The summed E-state index contributed by atoms with van der Waals surface area (Å²) in [6.07, 6.45) is 8.09. The molecule has 20 heavy (non-hydrogen) atoms. The number of hydrogen-bond donors (Lipinski definition) is 2. The van der Waals surface area contributed by atoms with Gasteiger partial charge in [0, 0.05) is 17.8 Å². The Bertz CT molecular complexity index is 403. The van der Waals surface area contributed by atoms with Gasteiger partial charge >= 0.3 is 0 Å². The van der Waals surface area contributed by atoms with Crippen LogP contribution in [0.25, 0.3) is 0 Å². The molecule has 1 unspecified atom stereocenters. The molecular weight excluding hydrogens is 273 g/mol. The number of thioether (sulfide) groups is 1. The van der Waals surface area contributed by atoms with Gasteiger partial charge in [0.2, 0.25) is 0 Å². The second kappa shape index (κ2) is 7.43. The maximum absolute atomic E-state index is 12.8. The van der Waals surface area contributed by atoms with Gasteiger partial charge in [-0.1, -0.05) is 31.4 Å². The molecule has 0 bridgehead atoms. The highest BCUT2D eigenvalue weighted by Gasteiger charge is 2.30. The molecular formula is C16H24FNOS. The second-order valence-electron chi connectivity index (χ2n) is 5.65. The van der Waals surface area contributed by atoms with Crippen molar-refractivity contribution in [3.63, 3.8) is 0 Å². The lowest BCUT2D eigenvalue weighted by molar-refractivity contribution is 0.172. The van der Waals surface area contributed by atoms with E-state index >= 15 is 0 Å². The van der Waals surface area contributed by atoms with Gasteiger partial charge in [-0.2, -0.15) is 11.8 Å². The fraction of sp³-hybridized carbons (Fsp3) is 0.625. The Morgan fingerprint density at radius 1 is 1.25 bits per heavy atom. The van der Waals surface area contributed by atoms with Crippen molar-refractivity contribution in [2.45, 2.75) is 43.0 Å². The zero-order valence-corrected chi connectivity index (χ0v) is 12.9. The molecule has 0 heterocycles. The third kappa shape index (κ3) is 4.21. The van der Waals surface area contributed by atoms with E-state index in [0.717, 1.165) is 12.1 Å². The minimum Gasteiger partial charge on any atom is -0.387 e. The lowest BCUT2D eigenvalue weighted by Crippen LogP contribution is -2.40. The van der Waals surface area contributed by atoms with E-state index in [2.05, 4.69) is 11.6 Å². The first-order chi connectivity index (χ1) is 9.65. The molecule has 2 rings (SSSR count). The van der Waals surface area contributed by atoms with Crippen molar-refractivity contribution in [1.82, 2.24) is 5.32 Å². The Morgan fingerprint density at radius 2 is 1.90 bits per heavy atom. The Kier molecular flexibility index (Phi) is 5.87. The van der Waals surface area contributed by atoms with Gasteiger partial charge in [0.05, 0.1) is 6.10 Å². The van der Waals surface area contributed by atoms with Crippen LogP contribution in [0.15, 0.2) is 24.3 Å². The lowest BCUT2D eigenvalue weighted by atomic mass is 9.88. The van der Waals surface area contributed by atoms with Crippen LogP contribution in [-0.4, -0.2) is 29.2 Å². The Morgan fingerprint density at radius 3 is 2.50 bits per heavy atom. The monoisotopic (exact) mass is 297 g/mol. The van der Waals surface area contributed by atoms with E-state index < -0.39 is 6.10 Å². The predicted molar refractivity (Wildman–Crippen MR) is 83.6 cm³/mol. The topological polar surface area (TPSA) is 32.3 Å². The van der Waals surface area contributed by atoms with Crippen LogP contribution in [-0.2, 0) is 0 Å². The Labute approximate surface area is 125 Å². The van der Waals surface area contributed by atoms with Gasteiger partial charge in [-0.3, -0.25) is 0 Å². The molecule has 4 heteroatoms. The van der Waals surface area contributed by atoms with Gasteiger partial charge in [0.15, 0.2) is 0 Å². The molecule has 1 aromatic rings. The maximum atomic E-state index is 12.8. The van der Waals surface area contributed by atoms with Gasteiger partial charge in [-0.15, -0.1) is 0 Å². The third-order valence-corrected chi connectivity index (χ3v) is 5.66. The number of benzene rings is 1. The molecule has 1 aliphatic rings. The SMILES string of the molecule is CSC1(CNCC(O)c2ccc(F)cc2)CCCCC1. The number of aliphatic hydroxyl groups is 1. The molecule has 1 aliphatic carbocycles. The summed E-state index contributed by atoms with van der Waals surface area (Å²) in [6.45, 7) is 1.46. The minimum atomic E-state index is -0.571. The van der Waals surface area contributed by atoms with Crippen LogP contribution in [0.3, 0.4) is 0 Å². The molecule has 2 nitrogen and oxygen atoms in total. The average molecular weight is 297 g/mol. The van der Waals surface area contributed by atoms with Crippen molar-refractivity contribution in [2.24, 2.45) is 0 Å². The summed E-state index contributed by atoms with van der Waals surface area (Å²) in [4.78, 5) is 0. The Hall–Kier alpha value is -0.580. The molecule has 1 fully saturated rings. The summed E-state index contributed by atoms with van der Waals surface area (Å²) in [7, 11) is 0. The smallest absolute Gasteiger partial charge is 0.123 e. The van der Waals surface area contributed by atoms with E-state index in [4.69, 9.17) is 0 Å². The molecule has 0 amide bonds. The van der Waals surface area contributed by atoms with Crippen LogP contribution in [0, 0.1) is 5.82 Å². The Balaban J connectivity index is 1.81. The summed E-state index contributed by atoms with van der Waals surface area (Å²) in [6, 6.07) is 6.07. The van der Waals surface area contributed by atoms with Gasteiger partial charge < -0.3 is 10.4 Å². The van der Waals surface area contributed by atoms with E-state index in [-0.39, 0.29) is 5.82 Å². The largest absolute Gasteiger partial charge is 0.387 e. The van der Waals surface area contributed by atoms with Crippen LogP contribution in [0.4, 0.5) is 4.39 Å². The quantitative estimate of drug-likeness (QED) is 0.842. The zero-order valence-electron chi connectivity index (χ0n) is 12.1. The molecule has 0 aliphatic heterocycles. The fourth-order valence-electron chi connectivity index (χ4n) is 2.89. The first kappa shape index (κ1) is 15.8. The minimum absolute atomic E-state index is 0.266. The molecule has 1 aromatic carbocycles. The van der Waals surface area contributed by atoms with E-state index in [1.807, 2.05) is 11.8 Å². The van der Waals surface area contributed by atoms with Crippen LogP contribution in [0.5, 0.6) is 0 Å². The van der Waals surface area contributed by atoms with E-state index in [1.165, 1.54) is 44.2 Å². The standard InChI is InChI=1S/C16H24FNOS/c1-20-16(9-3-2-4-10-16)12-18-11-15(19)13-5-7-14(17)8-6-13/h5-8,15,18-19H,2-4,9-12H2,1H3. The molecule has 0 aromatic heterocycles. The van der Waals surface area contributed by atoms with Crippen molar-refractivity contribution in [3.8, 4) is 0 Å². The normalized spacial score (nSPS) is 19.8. The summed E-state index contributed by atoms with van der Waals surface area (Å²) in [5.74, 6) is -0.266. The fourth-order valence-corrected chi connectivity index (χ4v) is 3.83. The van der Waals surface area contributed by atoms with Crippen LogP contribution >= 0.6 is 11.8 Å². The van der Waals surface area contributed by atoms with Gasteiger partial charge in [-0.05, 0) is 36.8 Å². The van der Waals surface area contributed by atoms with Crippen LogP contribution < -0.4 is 5.32 Å². The molecule has 0 saturated heterocycles. The molecule has 1 saturated carbocycles. The zero-order chi connectivity index (χ0) is 14.4. The van der Waals surface area contributed by atoms with Crippen molar-refractivity contribution < 1.29 is 9.50 Å². The van der Waals surface area contributed by atoms with Crippen LogP contribution in [0.1, 0.15) is 43.8 Å². The first-order valence-electron chi connectivity index (χ1n) is 7.35. The molecule has 1 atom stereocenters. The highest BCUT2D eigenvalue weighted by atomic mass is 32.2. The third-order valence-electron chi connectivity index (χ3n) is 4.24. The number of nitrogens with one attached hydrogen (secondary N) is 1. The number of halogens is 1. The number of rotatable bonds is 6. The van der Waals surface area contributed by atoms with Gasteiger partial charge in [0.1, 0.15) is 5.82 Å². The van der Waals surface area contributed by atoms with E-state index in [0.29, 0.717) is 11.3 Å². The lowest BCUT2D eigenvalue weighted by Gasteiger charge is -2.36. The predicted octanol–water partition coefficient (Wildman–Crippen LogP) is 3.51. The van der Waals surface area contributed by atoms with E-state index in [9.17, 15) is 9.50 Å². The maximum Gasteiger partial charge on any atom is 0.123 e. The molecule has 0 spiro atoms. The summed E-state index contributed by atoms with van der Waals surface area (Å²) >= 11 is 1.95. The number of aliphatic hydroxyl groups excluding tert-OH is 1.